The van der Waals surface area contributed by atoms with E-state index in [9.17, 15) is 14.7 Å². The van der Waals surface area contributed by atoms with Gasteiger partial charge in [0.15, 0.2) is 0 Å². The van der Waals surface area contributed by atoms with Crippen LogP contribution in [0, 0.1) is 5.92 Å². The van der Waals surface area contributed by atoms with Crippen molar-refractivity contribution in [2.24, 2.45) is 5.92 Å². The van der Waals surface area contributed by atoms with Crippen LogP contribution in [-0.4, -0.2) is 40.4 Å². The van der Waals surface area contributed by atoms with Gasteiger partial charge in [0.1, 0.15) is 17.8 Å². The van der Waals surface area contributed by atoms with Gasteiger partial charge in [-0.3, -0.25) is 9.59 Å². The number of piperidine rings is 1. The maximum atomic E-state index is 13.1. The van der Waals surface area contributed by atoms with Crippen LogP contribution in [0.4, 0.5) is 0 Å². The van der Waals surface area contributed by atoms with Gasteiger partial charge in [-0.25, -0.2) is 0 Å². The Kier molecular flexibility index (Phi) is 4.61. The van der Waals surface area contributed by atoms with Crippen molar-refractivity contribution in [1.82, 2.24) is 10.2 Å². The summed E-state index contributed by atoms with van der Waals surface area (Å²) in [6.45, 7) is 4.78. The Morgan fingerprint density at radius 2 is 1.89 bits per heavy atom. The number of fused-ring (bicyclic) bond motifs is 1. The van der Waals surface area contributed by atoms with Crippen LogP contribution in [0.15, 0.2) is 54.6 Å². The van der Waals surface area contributed by atoms with Crippen LogP contribution in [0.5, 0.6) is 5.75 Å². The van der Waals surface area contributed by atoms with E-state index in [0.717, 1.165) is 11.1 Å². The number of rotatable bonds is 3. The Balaban J connectivity index is 1.58. The van der Waals surface area contributed by atoms with Gasteiger partial charge in [-0.15, -0.1) is 0 Å². The lowest BCUT2D eigenvalue weighted by Crippen LogP contribution is -2.68. The molecule has 4 rings (SSSR count). The quantitative estimate of drug-likeness (QED) is 0.863. The van der Waals surface area contributed by atoms with Gasteiger partial charge in [0.05, 0.1) is 0 Å². The third kappa shape index (κ3) is 3.15. The smallest absolute Gasteiger partial charge is 0.246 e. The molecule has 146 valence electrons. The highest BCUT2D eigenvalue weighted by atomic mass is 16.3. The highest BCUT2D eigenvalue weighted by molar-refractivity contribution is 5.97. The summed E-state index contributed by atoms with van der Waals surface area (Å²) in [6, 6.07) is 16.0. The first-order valence-corrected chi connectivity index (χ1v) is 9.83. The fourth-order valence-electron chi connectivity index (χ4n) is 4.60. The zero-order chi connectivity index (χ0) is 19.9. The second kappa shape index (κ2) is 6.97. The summed E-state index contributed by atoms with van der Waals surface area (Å²) >= 11 is 0. The Bertz CT molecular complexity index is 898. The highest BCUT2D eigenvalue weighted by Gasteiger charge is 2.50. The Morgan fingerprint density at radius 1 is 1.14 bits per heavy atom. The number of amides is 2. The van der Waals surface area contributed by atoms with Gasteiger partial charge in [-0.05, 0) is 41.0 Å². The number of hydrogen-bond donors (Lipinski definition) is 2. The zero-order valence-electron chi connectivity index (χ0n) is 16.3. The summed E-state index contributed by atoms with van der Waals surface area (Å²) in [4.78, 5) is 27.8. The summed E-state index contributed by atoms with van der Waals surface area (Å²) in [5.41, 5.74) is 1.75. The van der Waals surface area contributed by atoms with Crippen molar-refractivity contribution in [3.63, 3.8) is 0 Å². The fraction of sp³-hybridized carbons (Fsp3) is 0.391. The third-order valence-electron chi connectivity index (χ3n) is 6.54. The number of carbonyl (C=O) groups is 2. The number of nitrogens with one attached hydrogen (secondary N) is 1. The lowest BCUT2D eigenvalue weighted by molar-refractivity contribution is -0.154. The van der Waals surface area contributed by atoms with Gasteiger partial charge in [0.25, 0.3) is 0 Å². The molecule has 0 aromatic heterocycles. The van der Waals surface area contributed by atoms with E-state index in [1.807, 2.05) is 42.5 Å². The van der Waals surface area contributed by atoms with Gasteiger partial charge in [0, 0.05) is 13.0 Å². The molecule has 2 N–H and O–H groups in total. The molecular formula is C23H26N2O3. The van der Waals surface area contributed by atoms with Gasteiger partial charge >= 0.3 is 0 Å². The maximum Gasteiger partial charge on any atom is 0.246 e. The first kappa shape index (κ1) is 18.5. The van der Waals surface area contributed by atoms with Crippen LogP contribution >= 0.6 is 0 Å². The first-order chi connectivity index (χ1) is 13.4. The van der Waals surface area contributed by atoms with E-state index in [0.29, 0.717) is 19.4 Å². The molecule has 0 bridgehead atoms. The van der Waals surface area contributed by atoms with E-state index in [4.69, 9.17) is 0 Å². The van der Waals surface area contributed by atoms with Crippen LogP contribution in [0.25, 0.3) is 0 Å². The number of phenolic OH excluding ortho intramolecular Hbond substituents is 1. The average Bonchev–Trinajstić information content (AvgIpc) is 2.68. The van der Waals surface area contributed by atoms with Crippen LogP contribution in [0.1, 0.15) is 31.4 Å². The van der Waals surface area contributed by atoms with Crippen molar-refractivity contribution in [2.45, 2.75) is 44.2 Å². The molecule has 2 fully saturated rings. The Hall–Kier alpha value is -2.82. The Labute approximate surface area is 165 Å². The summed E-state index contributed by atoms with van der Waals surface area (Å²) in [7, 11) is 0. The van der Waals surface area contributed by atoms with E-state index in [1.165, 1.54) is 0 Å². The predicted molar refractivity (Wildman–Crippen MR) is 107 cm³/mol. The second-order valence-corrected chi connectivity index (χ2v) is 8.33. The average molecular weight is 378 g/mol. The summed E-state index contributed by atoms with van der Waals surface area (Å²) in [5.74, 6) is 0.301. The topological polar surface area (TPSA) is 69.6 Å². The minimum atomic E-state index is -0.511. The molecule has 2 aliphatic rings. The monoisotopic (exact) mass is 378 g/mol. The van der Waals surface area contributed by atoms with E-state index in [-0.39, 0.29) is 28.9 Å². The number of carbonyl (C=O) groups excluding carboxylic acids is 2. The van der Waals surface area contributed by atoms with Crippen molar-refractivity contribution in [3.05, 3.63) is 65.7 Å². The molecule has 2 aliphatic heterocycles. The minimum absolute atomic E-state index is 0.00161. The van der Waals surface area contributed by atoms with E-state index < -0.39 is 12.1 Å². The summed E-state index contributed by atoms with van der Waals surface area (Å²) in [6.07, 6.45) is 1.06. The van der Waals surface area contributed by atoms with Crippen LogP contribution in [0.3, 0.4) is 0 Å². The lowest BCUT2D eigenvalue weighted by atomic mass is 9.65. The first-order valence-electron chi connectivity index (χ1n) is 9.83. The number of nitrogens with zero attached hydrogens (tertiary/aromatic N) is 1. The molecule has 2 aromatic carbocycles. The van der Waals surface area contributed by atoms with Gasteiger partial charge in [0.2, 0.25) is 11.8 Å². The van der Waals surface area contributed by atoms with Crippen LogP contribution in [-0.2, 0) is 21.4 Å². The Morgan fingerprint density at radius 3 is 2.61 bits per heavy atom. The largest absolute Gasteiger partial charge is 0.508 e. The molecular weight excluding hydrogens is 352 g/mol. The SMILES string of the molecule is C[C@H]1CN2C(=O)[C@H](Cc3ccccc3)NC(=O)[C@H]2C[C@@]1(C)c1cccc(O)c1. The van der Waals surface area contributed by atoms with Gasteiger partial charge in [-0.1, -0.05) is 56.3 Å². The van der Waals surface area contributed by atoms with Crippen molar-refractivity contribution < 1.29 is 14.7 Å². The number of aromatic hydroxyl groups is 1. The molecule has 0 spiro atoms. The molecule has 4 atom stereocenters. The summed E-state index contributed by atoms with van der Waals surface area (Å²) in [5, 5.41) is 12.9. The molecule has 2 aromatic rings. The molecule has 5 heteroatoms. The molecule has 5 nitrogen and oxygen atoms in total. The van der Waals surface area contributed by atoms with E-state index in [2.05, 4.69) is 19.2 Å². The standard InChI is InChI=1S/C23H26N2O3/c1-15-14-25-20(13-23(15,2)17-9-6-10-18(26)12-17)21(27)24-19(22(25)28)11-16-7-4-3-5-8-16/h3-10,12,15,19-20,26H,11,13-14H2,1-2H3,(H,24,27)/t15-,19-,20+,23+/m0/s1. The number of phenols is 1. The van der Waals surface area contributed by atoms with Crippen LogP contribution in [0.2, 0.25) is 0 Å². The maximum absolute atomic E-state index is 13.1. The predicted octanol–water partition coefficient (Wildman–Crippen LogP) is 2.63. The number of hydrogen-bond acceptors (Lipinski definition) is 3. The molecule has 0 radical (unpaired) electrons. The summed E-state index contributed by atoms with van der Waals surface area (Å²) < 4.78 is 0. The molecule has 0 aliphatic carbocycles. The number of piperazine rings is 1. The van der Waals surface area contributed by atoms with Crippen LogP contribution < -0.4 is 5.32 Å². The third-order valence-corrected chi connectivity index (χ3v) is 6.54. The van der Waals surface area contributed by atoms with E-state index >= 15 is 0 Å². The normalized spacial score (nSPS) is 29.9. The van der Waals surface area contributed by atoms with E-state index in [1.54, 1.807) is 17.0 Å². The molecule has 2 saturated heterocycles. The molecule has 2 heterocycles. The second-order valence-electron chi connectivity index (χ2n) is 8.33. The highest BCUT2D eigenvalue weighted by Crippen LogP contribution is 2.43. The zero-order valence-corrected chi connectivity index (χ0v) is 16.3. The molecule has 2 amide bonds. The van der Waals surface area contributed by atoms with Gasteiger partial charge in [-0.2, -0.15) is 0 Å². The lowest BCUT2D eigenvalue weighted by Gasteiger charge is -2.51. The molecule has 28 heavy (non-hydrogen) atoms. The van der Waals surface area contributed by atoms with Gasteiger partial charge < -0.3 is 15.3 Å². The number of benzene rings is 2. The van der Waals surface area contributed by atoms with Crippen molar-refractivity contribution in [3.8, 4) is 5.75 Å². The molecule has 0 saturated carbocycles. The van der Waals surface area contributed by atoms with Crippen molar-refractivity contribution in [1.29, 1.82) is 0 Å². The molecule has 0 unspecified atom stereocenters. The van der Waals surface area contributed by atoms with Crippen molar-refractivity contribution >= 4 is 11.8 Å². The van der Waals surface area contributed by atoms with Crippen molar-refractivity contribution in [2.75, 3.05) is 6.54 Å². The fourth-order valence-corrected chi connectivity index (χ4v) is 4.60. The minimum Gasteiger partial charge on any atom is -0.508 e.